The van der Waals surface area contributed by atoms with Crippen molar-refractivity contribution in [2.24, 2.45) is 0 Å². The molecule has 0 radical (unpaired) electrons. The van der Waals surface area contributed by atoms with E-state index in [4.69, 9.17) is 29.5 Å². The second-order valence-electron chi connectivity index (χ2n) is 8.29. The van der Waals surface area contributed by atoms with Gasteiger partial charge in [-0.05, 0) is 75.2 Å². The molecule has 1 unspecified atom stereocenters. The summed E-state index contributed by atoms with van der Waals surface area (Å²) in [4.78, 5) is 28.0. The number of hydrogen-bond acceptors (Lipinski definition) is 7. The van der Waals surface area contributed by atoms with Crippen LogP contribution in [-0.2, 0) is 9.59 Å². The lowest BCUT2D eigenvalue weighted by Crippen LogP contribution is -2.46. The van der Waals surface area contributed by atoms with Crippen molar-refractivity contribution < 1.29 is 28.9 Å². The molecule has 0 spiro atoms. The zero-order chi connectivity index (χ0) is 25.2. The molecule has 4 rings (SSSR count). The number of carbonyl (C=O) groups is 2. The molecule has 188 valence electrons. The maximum Gasteiger partial charge on any atom is 0.414 e. The molecular formula is C25H30FN3O5S. The molecule has 35 heavy (non-hydrogen) atoms. The van der Waals surface area contributed by atoms with Crippen LogP contribution >= 0.6 is 11.3 Å². The molecule has 2 heterocycles. The Morgan fingerprint density at radius 1 is 1.14 bits per heavy atom. The van der Waals surface area contributed by atoms with Crippen LogP contribution in [0.1, 0.15) is 25.7 Å². The first-order valence-corrected chi connectivity index (χ1v) is 12.3. The summed E-state index contributed by atoms with van der Waals surface area (Å²) in [5, 5.41) is 15.9. The number of thiazole rings is 1. The average Bonchev–Trinajstić information content (AvgIpc) is 3.29. The van der Waals surface area contributed by atoms with Gasteiger partial charge in [-0.1, -0.05) is 23.5 Å². The molecule has 1 saturated heterocycles. The summed E-state index contributed by atoms with van der Waals surface area (Å²) in [5.41, 5.74) is 1.09. The van der Waals surface area contributed by atoms with E-state index in [-0.39, 0.29) is 5.82 Å². The van der Waals surface area contributed by atoms with E-state index in [9.17, 15) is 4.39 Å². The fourth-order valence-corrected chi connectivity index (χ4v) is 4.87. The van der Waals surface area contributed by atoms with Gasteiger partial charge in [0.1, 0.15) is 11.6 Å². The number of likely N-dealkylation sites (N-methyl/N-ethyl adjacent to an activating group) is 1. The van der Waals surface area contributed by atoms with Gasteiger partial charge in [0.25, 0.3) is 0 Å². The Kier molecular flexibility index (Phi) is 9.80. The van der Waals surface area contributed by atoms with E-state index in [0.29, 0.717) is 12.6 Å². The second kappa shape index (κ2) is 13.0. The molecule has 1 aliphatic heterocycles. The van der Waals surface area contributed by atoms with E-state index in [1.807, 2.05) is 6.07 Å². The first kappa shape index (κ1) is 26.4. The monoisotopic (exact) mass is 503 g/mol. The third-order valence-electron chi connectivity index (χ3n) is 5.75. The van der Waals surface area contributed by atoms with Crippen molar-refractivity contribution in [1.82, 2.24) is 9.88 Å². The fourth-order valence-electron chi connectivity index (χ4n) is 3.88. The molecule has 0 aliphatic carbocycles. The third-order valence-corrected chi connectivity index (χ3v) is 6.87. The molecule has 10 heteroatoms. The first-order valence-electron chi connectivity index (χ1n) is 11.5. The van der Waals surface area contributed by atoms with Crippen molar-refractivity contribution in [3.05, 3.63) is 54.3 Å². The molecular weight excluding hydrogens is 473 g/mol. The van der Waals surface area contributed by atoms with Crippen molar-refractivity contribution in [3.8, 4) is 5.75 Å². The van der Waals surface area contributed by atoms with Gasteiger partial charge >= 0.3 is 11.9 Å². The highest BCUT2D eigenvalue weighted by Crippen LogP contribution is 2.30. The Bertz CT molecular complexity index is 1060. The molecule has 2 N–H and O–H groups in total. The highest BCUT2D eigenvalue weighted by molar-refractivity contribution is 7.22. The highest BCUT2D eigenvalue weighted by Gasteiger charge is 2.24. The van der Waals surface area contributed by atoms with Gasteiger partial charge in [-0.3, -0.25) is 0 Å². The highest BCUT2D eigenvalue weighted by atomic mass is 32.1. The van der Waals surface area contributed by atoms with Gasteiger partial charge in [-0.15, -0.1) is 0 Å². The number of unbranched alkanes of at least 4 members (excludes halogenated alkanes) is 1. The number of benzene rings is 2. The zero-order valence-electron chi connectivity index (χ0n) is 19.6. The van der Waals surface area contributed by atoms with Crippen molar-refractivity contribution in [3.63, 3.8) is 0 Å². The molecule has 0 saturated carbocycles. The number of carboxylic acid groups (broad SMARTS) is 2. The van der Waals surface area contributed by atoms with Crippen LogP contribution in [0.15, 0.2) is 48.5 Å². The third kappa shape index (κ3) is 8.18. The van der Waals surface area contributed by atoms with Crippen molar-refractivity contribution in [2.75, 3.05) is 38.2 Å². The molecule has 1 aromatic heterocycles. The number of piperidine rings is 1. The van der Waals surface area contributed by atoms with Gasteiger partial charge in [0.05, 0.1) is 16.8 Å². The summed E-state index contributed by atoms with van der Waals surface area (Å²) in [6.07, 6.45) is 4.56. The molecule has 1 fully saturated rings. The molecule has 0 amide bonds. The number of carboxylic acids is 2. The predicted molar refractivity (Wildman–Crippen MR) is 134 cm³/mol. The first-order chi connectivity index (χ1) is 16.8. The Labute approximate surface area is 207 Å². The molecule has 2 aromatic carbocycles. The van der Waals surface area contributed by atoms with Crippen molar-refractivity contribution in [1.29, 1.82) is 0 Å². The van der Waals surface area contributed by atoms with Crippen LogP contribution in [0.5, 0.6) is 5.75 Å². The maximum atomic E-state index is 12.9. The van der Waals surface area contributed by atoms with E-state index in [1.165, 1.54) is 36.2 Å². The lowest BCUT2D eigenvalue weighted by atomic mass is 10.0. The number of hydrogen-bond donors (Lipinski definition) is 2. The standard InChI is InChI=1S/C23H28FN3OS.C2H2O4/c1-26(23-25-21-8-2-3-9-22(21)29-23)19-7-6-15-27(17-19)14-4-5-16-28-20-12-10-18(24)11-13-20;3-1(4)2(5)6/h2-3,8-13,19H,4-7,14-17H2,1H3;(H,3,4)(H,5,6). The normalized spacial score (nSPS) is 15.8. The molecule has 1 atom stereocenters. The SMILES string of the molecule is CN(c1nc2ccccc2s1)C1CCCN(CCCCOc2ccc(F)cc2)C1.O=C(O)C(=O)O. The fraction of sp³-hybridized carbons (Fsp3) is 0.400. The Hall–Kier alpha value is -3.24. The number of aromatic nitrogens is 1. The smallest absolute Gasteiger partial charge is 0.414 e. The minimum absolute atomic E-state index is 0.229. The predicted octanol–water partition coefficient (Wildman–Crippen LogP) is 4.35. The largest absolute Gasteiger partial charge is 0.494 e. The van der Waals surface area contributed by atoms with Gasteiger partial charge in [0.15, 0.2) is 5.13 Å². The van der Waals surface area contributed by atoms with Crippen molar-refractivity contribution >= 4 is 38.6 Å². The van der Waals surface area contributed by atoms with Gasteiger partial charge in [-0.2, -0.15) is 0 Å². The van der Waals surface area contributed by atoms with Crippen LogP contribution in [0.25, 0.3) is 10.2 Å². The van der Waals surface area contributed by atoms with Gasteiger partial charge in [-0.25, -0.2) is 19.0 Å². The lowest BCUT2D eigenvalue weighted by Gasteiger charge is -2.37. The molecule has 1 aliphatic rings. The number of rotatable bonds is 8. The molecule has 3 aromatic rings. The van der Waals surface area contributed by atoms with Gasteiger partial charge in [0.2, 0.25) is 0 Å². The summed E-state index contributed by atoms with van der Waals surface area (Å²) in [6, 6.07) is 15.1. The quantitative estimate of drug-likeness (QED) is 0.346. The number of nitrogens with zero attached hydrogens (tertiary/aromatic N) is 3. The number of halogens is 1. The average molecular weight is 504 g/mol. The second-order valence-corrected chi connectivity index (χ2v) is 9.30. The number of likely N-dealkylation sites (tertiary alicyclic amines) is 1. The summed E-state index contributed by atoms with van der Waals surface area (Å²) < 4.78 is 19.9. The Morgan fingerprint density at radius 2 is 1.86 bits per heavy atom. The lowest BCUT2D eigenvalue weighted by molar-refractivity contribution is -0.159. The summed E-state index contributed by atoms with van der Waals surface area (Å²) >= 11 is 1.78. The van der Waals surface area contributed by atoms with Gasteiger partial charge < -0.3 is 24.7 Å². The number of anilines is 1. The molecule has 8 nitrogen and oxygen atoms in total. The van der Waals surface area contributed by atoms with Crippen LogP contribution in [0.4, 0.5) is 9.52 Å². The zero-order valence-corrected chi connectivity index (χ0v) is 20.4. The Balaban J connectivity index is 0.000000509. The summed E-state index contributed by atoms with van der Waals surface area (Å²) in [7, 11) is 2.18. The minimum atomic E-state index is -1.82. The van der Waals surface area contributed by atoms with Crippen LogP contribution in [-0.4, -0.2) is 71.4 Å². The van der Waals surface area contributed by atoms with Crippen LogP contribution in [0, 0.1) is 5.82 Å². The van der Waals surface area contributed by atoms with Crippen molar-refractivity contribution in [2.45, 2.75) is 31.7 Å². The summed E-state index contributed by atoms with van der Waals surface area (Å²) in [5.74, 6) is -3.14. The number of ether oxygens (including phenoxy) is 1. The Morgan fingerprint density at radius 3 is 2.54 bits per heavy atom. The maximum absolute atomic E-state index is 12.9. The topological polar surface area (TPSA) is 103 Å². The van der Waals surface area contributed by atoms with E-state index in [0.717, 1.165) is 42.3 Å². The van der Waals surface area contributed by atoms with Gasteiger partial charge in [0, 0.05) is 19.6 Å². The number of aliphatic carboxylic acids is 2. The van der Waals surface area contributed by atoms with E-state index in [2.05, 4.69) is 35.0 Å². The molecule has 0 bridgehead atoms. The van der Waals surface area contributed by atoms with E-state index in [1.54, 1.807) is 23.5 Å². The van der Waals surface area contributed by atoms with E-state index < -0.39 is 11.9 Å². The van der Waals surface area contributed by atoms with Crippen LogP contribution < -0.4 is 9.64 Å². The minimum Gasteiger partial charge on any atom is -0.494 e. The van der Waals surface area contributed by atoms with E-state index >= 15 is 0 Å². The number of para-hydroxylation sites is 1. The summed E-state index contributed by atoms with van der Waals surface area (Å²) in [6.45, 7) is 4.03. The van der Waals surface area contributed by atoms with Crippen LogP contribution in [0.3, 0.4) is 0 Å². The number of fused-ring (bicyclic) bond motifs is 1. The van der Waals surface area contributed by atoms with Crippen LogP contribution in [0.2, 0.25) is 0 Å².